The van der Waals surface area contributed by atoms with E-state index in [1.54, 1.807) is 0 Å². The van der Waals surface area contributed by atoms with Gasteiger partial charge in [-0.15, -0.1) is 0 Å². The highest BCUT2D eigenvalue weighted by molar-refractivity contribution is 5.95. The summed E-state index contributed by atoms with van der Waals surface area (Å²) in [5, 5.41) is 7.75. The Morgan fingerprint density at radius 3 is 2.46 bits per heavy atom. The average molecular weight is 550 g/mol. The Morgan fingerprint density at radius 1 is 1.00 bits per heavy atom. The molecule has 1 N–H and O–H groups in total. The molecule has 0 saturated heterocycles. The largest absolute Gasteiger partial charge is 0.417 e. The van der Waals surface area contributed by atoms with Gasteiger partial charge in [0.15, 0.2) is 5.78 Å². The van der Waals surface area contributed by atoms with E-state index in [0.717, 1.165) is 12.1 Å². The average Bonchev–Trinajstić information content (AvgIpc) is 3.49. The van der Waals surface area contributed by atoms with E-state index in [9.17, 15) is 35.5 Å². The minimum atomic E-state index is -5.07. The SMILES string of the molecule is CC(=O)c1ccc(F)c(-c2nc3cn[n+](Cc4cc(-c5ccc(C(F)(F)F)cc5C(F)(F)F)no4)cc3[nH]2)c1. The first kappa shape index (κ1) is 26.0. The summed E-state index contributed by atoms with van der Waals surface area (Å²) in [6.45, 7) is 1.24. The van der Waals surface area contributed by atoms with Crippen molar-refractivity contribution in [2.75, 3.05) is 0 Å². The van der Waals surface area contributed by atoms with Crippen LogP contribution in [0.5, 0.6) is 0 Å². The number of nitrogens with zero attached hydrogens (tertiary/aromatic N) is 4. The van der Waals surface area contributed by atoms with Crippen molar-refractivity contribution < 1.29 is 44.7 Å². The zero-order valence-corrected chi connectivity index (χ0v) is 19.7. The molecule has 5 aromatic rings. The number of carbonyl (C=O) groups excluding carboxylic acids is 1. The number of benzene rings is 2. The number of H-pyrrole nitrogens is 1. The van der Waals surface area contributed by atoms with E-state index in [1.165, 1.54) is 36.1 Å². The van der Waals surface area contributed by atoms with Crippen LogP contribution in [0.15, 0.2) is 59.4 Å². The molecule has 0 aliphatic carbocycles. The summed E-state index contributed by atoms with van der Waals surface area (Å²) in [4.78, 5) is 18.9. The van der Waals surface area contributed by atoms with E-state index in [4.69, 9.17) is 4.52 Å². The van der Waals surface area contributed by atoms with E-state index >= 15 is 0 Å². The molecule has 0 fully saturated rings. The maximum absolute atomic E-state index is 14.4. The highest BCUT2D eigenvalue weighted by Crippen LogP contribution is 2.40. The lowest BCUT2D eigenvalue weighted by molar-refractivity contribution is -0.746. The summed E-state index contributed by atoms with van der Waals surface area (Å²) in [5.74, 6) is -0.642. The molecule has 200 valence electrons. The Bertz CT molecular complexity index is 1720. The fourth-order valence-corrected chi connectivity index (χ4v) is 3.90. The Balaban J connectivity index is 1.44. The van der Waals surface area contributed by atoms with Crippen LogP contribution in [0.4, 0.5) is 30.7 Å². The second-order valence-electron chi connectivity index (χ2n) is 8.54. The number of alkyl halides is 6. The first-order valence-electron chi connectivity index (χ1n) is 11.1. The van der Waals surface area contributed by atoms with Crippen molar-refractivity contribution in [1.29, 1.82) is 0 Å². The molecule has 0 spiro atoms. The smallest absolute Gasteiger partial charge is 0.354 e. The van der Waals surface area contributed by atoms with Crippen molar-refractivity contribution in [2.24, 2.45) is 0 Å². The van der Waals surface area contributed by atoms with Crippen LogP contribution in [-0.2, 0) is 18.9 Å². The molecular formula is C25H15F7N5O2+. The minimum Gasteiger partial charge on any atom is -0.354 e. The summed E-state index contributed by atoms with van der Waals surface area (Å²) in [7, 11) is 0. The fraction of sp³-hybridized carbons (Fsp3) is 0.160. The maximum atomic E-state index is 14.4. The summed E-state index contributed by atoms with van der Waals surface area (Å²) in [5.41, 5.74) is -2.67. The molecule has 0 bridgehead atoms. The number of ketones is 1. The van der Waals surface area contributed by atoms with Crippen LogP contribution in [0.2, 0.25) is 0 Å². The molecule has 0 aliphatic rings. The Morgan fingerprint density at radius 2 is 1.77 bits per heavy atom. The van der Waals surface area contributed by atoms with Crippen LogP contribution < -0.4 is 4.68 Å². The van der Waals surface area contributed by atoms with Crippen LogP contribution in [0.25, 0.3) is 33.7 Å². The monoisotopic (exact) mass is 550 g/mol. The zero-order valence-electron chi connectivity index (χ0n) is 19.7. The van der Waals surface area contributed by atoms with Gasteiger partial charge in [-0.3, -0.25) is 4.79 Å². The molecule has 7 nitrogen and oxygen atoms in total. The Hall–Kier alpha value is -4.62. The lowest BCUT2D eigenvalue weighted by Gasteiger charge is -2.14. The van der Waals surface area contributed by atoms with E-state index in [2.05, 4.69) is 20.2 Å². The second-order valence-corrected chi connectivity index (χ2v) is 8.54. The fourth-order valence-electron chi connectivity index (χ4n) is 3.90. The molecular weight excluding hydrogens is 535 g/mol. The molecule has 5 rings (SSSR count). The van der Waals surface area contributed by atoms with Crippen molar-refractivity contribution in [1.82, 2.24) is 20.2 Å². The van der Waals surface area contributed by atoms with Gasteiger partial charge in [-0.2, -0.15) is 26.3 Å². The Kier molecular flexibility index (Phi) is 6.19. The predicted octanol–water partition coefficient (Wildman–Crippen LogP) is 6.00. The Labute approximate surface area is 213 Å². The van der Waals surface area contributed by atoms with Gasteiger partial charge >= 0.3 is 12.4 Å². The van der Waals surface area contributed by atoms with Gasteiger partial charge in [0.2, 0.25) is 18.5 Å². The molecule has 0 amide bonds. The van der Waals surface area contributed by atoms with Gasteiger partial charge < -0.3 is 9.51 Å². The van der Waals surface area contributed by atoms with Crippen molar-refractivity contribution in [3.8, 4) is 22.6 Å². The second kappa shape index (κ2) is 9.29. The van der Waals surface area contributed by atoms with Gasteiger partial charge in [-0.25, -0.2) is 9.37 Å². The predicted molar refractivity (Wildman–Crippen MR) is 121 cm³/mol. The van der Waals surface area contributed by atoms with Gasteiger partial charge in [-0.1, -0.05) is 15.9 Å². The first-order valence-corrected chi connectivity index (χ1v) is 11.1. The van der Waals surface area contributed by atoms with Crippen molar-refractivity contribution >= 4 is 16.8 Å². The quantitative estimate of drug-likeness (QED) is 0.165. The van der Waals surface area contributed by atoms with Crippen LogP contribution in [-0.4, -0.2) is 26.0 Å². The third-order valence-electron chi connectivity index (χ3n) is 5.80. The van der Waals surface area contributed by atoms with Gasteiger partial charge in [0.05, 0.1) is 16.7 Å². The van der Waals surface area contributed by atoms with Crippen LogP contribution in [0.1, 0.15) is 34.2 Å². The summed E-state index contributed by atoms with van der Waals surface area (Å²) in [6.07, 6.45) is -7.18. The molecule has 0 atom stereocenters. The van der Waals surface area contributed by atoms with Crippen molar-refractivity contribution in [3.05, 3.63) is 83.1 Å². The maximum Gasteiger partial charge on any atom is 0.417 e. The molecule has 0 saturated carbocycles. The zero-order chi connectivity index (χ0) is 28.1. The van der Waals surface area contributed by atoms with E-state index in [1.807, 2.05) is 0 Å². The molecule has 0 unspecified atom stereocenters. The van der Waals surface area contributed by atoms with Crippen LogP contribution >= 0.6 is 0 Å². The standard InChI is InChI=1S/C25H14F7N5O2/c1-12(38)13-2-5-19(26)17(6-13)23-34-21-9-33-37(11-22(21)35-23)10-15-8-20(36-39-15)16-4-3-14(24(27,28)29)7-18(16)25(30,31)32/h2-9,11H,10H2,1H3/p+1. The van der Waals surface area contributed by atoms with Crippen LogP contribution in [0.3, 0.4) is 0 Å². The number of imidazole rings is 1. The molecule has 0 radical (unpaired) electrons. The highest BCUT2D eigenvalue weighted by atomic mass is 19.4. The molecule has 14 heteroatoms. The van der Waals surface area contributed by atoms with Gasteiger partial charge in [0, 0.05) is 17.2 Å². The number of halogens is 7. The number of hydrogen-bond donors (Lipinski definition) is 1. The highest BCUT2D eigenvalue weighted by Gasteiger charge is 2.39. The van der Waals surface area contributed by atoms with Gasteiger partial charge in [0.25, 0.3) is 0 Å². The third kappa shape index (κ3) is 5.22. The first-order chi connectivity index (χ1) is 18.3. The minimum absolute atomic E-state index is 0.0265. The van der Waals surface area contributed by atoms with E-state index < -0.39 is 34.9 Å². The molecule has 3 aromatic heterocycles. The lowest BCUT2D eigenvalue weighted by Crippen LogP contribution is -2.37. The number of rotatable bonds is 5. The number of carbonyl (C=O) groups is 1. The third-order valence-corrected chi connectivity index (χ3v) is 5.80. The summed E-state index contributed by atoms with van der Waals surface area (Å²) in [6, 6.07) is 6.29. The van der Waals surface area contributed by atoms with E-state index in [0.29, 0.717) is 28.7 Å². The number of aromatic nitrogens is 5. The van der Waals surface area contributed by atoms with Crippen molar-refractivity contribution in [3.63, 3.8) is 0 Å². The number of aromatic amines is 1. The molecule has 2 aromatic carbocycles. The van der Waals surface area contributed by atoms with Crippen LogP contribution in [0, 0.1) is 5.82 Å². The summed E-state index contributed by atoms with van der Waals surface area (Å²) < 4.78 is 100. The number of nitrogens with one attached hydrogen (secondary N) is 1. The number of Topliss-reactive ketones (excluding diaryl/α,β-unsaturated/α-hetero) is 1. The summed E-state index contributed by atoms with van der Waals surface area (Å²) >= 11 is 0. The normalized spacial score (nSPS) is 12.3. The lowest BCUT2D eigenvalue weighted by atomic mass is 10.0. The van der Waals surface area contributed by atoms with Crippen molar-refractivity contribution in [2.45, 2.75) is 25.8 Å². The topological polar surface area (TPSA) is 88.6 Å². The van der Waals surface area contributed by atoms with Gasteiger partial charge in [-0.05, 0) is 42.4 Å². The number of hydrogen-bond acceptors (Lipinski definition) is 5. The van der Waals surface area contributed by atoms with E-state index in [-0.39, 0.29) is 41.2 Å². The molecule has 39 heavy (non-hydrogen) atoms. The number of fused-ring (bicyclic) bond motifs is 1. The van der Waals surface area contributed by atoms with Gasteiger partial charge in [0.1, 0.15) is 34.6 Å². The molecule has 0 aliphatic heterocycles. The molecule has 3 heterocycles.